The van der Waals surface area contributed by atoms with Gasteiger partial charge in [-0.3, -0.25) is 14.9 Å². The first-order valence-corrected chi connectivity index (χ1v) is 9.21. The Kier molecular flexibility index (Phi) is 5.83. The van der Waals surface area contributed by atoms with E-state index < -0.39 is 4.92 Å². The number of nitrogens with zero attached hydrogens (tertiary/aromatic N) is 1. The second kappa shape index (κ2) is 7.62. The molecule has 2 aromatic carbocycles. The van der Waals surface area contributed by atoms with E-state index in [1.165, 1.54) is 12.1 Å². The predicted molar refractivity (Wildman–Crippen MR) is 110 cm³/mol. The molecule has 0 unspecified atom stereocenters. The molecule has 0 fully saturated rings. The molecular weight excluding hydrogens is 356 g/mol. The first-order valence-electron chi connectivity index (χ1n) is 9.21. The molecule has 2 aromatic rings. The van der Waals surface area contributed by atoms with Gasteiger partial charge in [-0.15, -0.1) is 0 Å². The highest BCUT2D eigenvalue weighted by Crippen LogP contribution is 2.41. The van der Waals surface area contributed by atoms with Crippen LogP contribution in [0.1, 0.15) is 68.6 Å². The van der Waals surface area contributed by atoms with E-state index in [4.69, 9.17) is 0 Å². The lowest BCUT2D eigenvalue weighted by molar-refractivity contribution is -0.384. The summed E-state index contributed by atoms with van der Waals surface area (Å²) >= 11 is 0. The third kappa shape index (κ3) is 4.68. The van der Waals surface area contributed by atoms with Crippen molar-refractivity contribution >= 4 is 11.6 Å². The molecule has 0 spiro atoms. The molecule has 28 heavy (non-hydrogen) atoms. The molecule has 0 atom stereocenters. The van der Waals surface area contributed by atoms with E-state index in [0.717, 1.165) is 16.7 Å². The Morgan fingerprint density at radius 1 is 0.964 bits per heavy atom. The number of rotatable bonds is 4. The van der Waals surface area contributed by atoms with Crippen LogP contribution in [0.5, 0.6) is 5.75 Å². The normalized spacial score (nSPS) is 11.9. The highest BCUT2D eigenvalue weighted by molar-refractivity contribution is 5.96. The summed E-state index contributed by atoms with van der Waals surface area (Å²) in [6, 6.07) is 9.30. The van der Waals surface area contributed by atoms with Crippen molar-refractivity contribution in [3.8, 4) is 5.75 Å². The van der Waals surface area contributed by atoms with E-state index in [1.807, 2.05) is 41.5 Å². The van der Waals surface area contributed by atoms with Gasteiger partial charge < -0.3 is 10.4 Å². The van der Waals surface area contributed by atoms with Crippen LogP contribution in [0, 0.1) is 10.1 Å². The van der Waals surface area contributed by atoms with E-state index in [2.05, 4.69) is 5.32 Å². The van der Waals surface area contributed by atoms with Crippen LogP contribution >= 0.6 is 0 Å². The van der Waals surface area contributed by atoms with Crippen LogP contribution in [-0.2, 0) is 17.4 Å². The highest BCUT2D eigenvalue weighted by Gasteiger charge is 2.32. The molecule has 0 heterocycles. The lowest BCUT2D eigenvalue weighted by atomic mass is 9.72. The standard InChI is InChI=1S/C22H28N2O4/c1-21(2,3)18-16(11-12-17(25)19(18)22(4,5)6)20(26)23-13-14-7-9-15(10-8-14)24(27)28/h7-12,25H,13H2,1-6H3,(H,23,26). The molecule has 2 N–H and O–H groups in total. The minimum absolute atomic E-state index is 0.0125. The summed E-state index contributed by atoms with van der Waals surface area (Å²) in [5.41, 5.74) is 2.22. The van der Waals surface area contributed by atoms with Gasteiger partial charge >= 0.3 is 0 Å². The van der Waals surface area contributed by atoms with Crippen LogP contribution in [0.15, 0.2) is 36.4 Å². The van der Waals surface area contributed by atoms with E-state index in [1.54, 1.807) is 24.3 Å². The van der Waals surface area contributed by atoms with Crippen LogP contribution < -0.4 is 5.32 Å². The summed E-state index contributed by atoms with van der Waals surface area (Å²) in [7, 11) is 0. The Labute approximate surface area is 165 Å². The minimum Gasteiger partial charge on any atom is -0.508 e. The van der Waals surface area contributed by atoms with Gasteiger partial charge in [0, 0.05) is 29.8 Å². The summed E-state index contributed by atoms with van der Waals surface area (Å²) in [5, 5.41) is 24.1. The number of hydrogen-bond donors (Lipinski definition) is 2. The average molecular weight is 384 g/mol. The summed E-state index contributed by atoms with van der Waals surface area (Å²) in [6.07, 6.45) is 0. The fourth-order valence-corrected chi connectivity index (χ4v) is 3.33. The quantitative estimate of drug-likeness (QED) is 0.583. The second-order valence-electron chi connectivity index (χ2n) is 8.99. The molecule has 0 aliphatic carbocycles. The van der Waals surface area contributed by atoms with Gasteiger partial charge in [-0.05, 0) is 34.1 Å². The number of nitrogens with one attached hydrogen (secondary N) is 1. The minimum atomic E-state index is -0.456. The number of nitro benzene ring substituents is 1. The zero-order valence-electron chi connectivity index (χ0n) is 17.3. The van der Waals surface area contributed by atoms with Crippen LogP contribution in [-0.4, -0.2) is 15.9 Å². The third-order valence-electron chi connectivity index (χ3n) is 4.53. The maximum Gasteiger partial charge on any atom is 0.269 e. The molecule has 0 bridgehead atoms. The van der Waals surface area contributed by atoms with Crippen molar-refractivity contribution in [3.63, 3.8) is 0 Å². The van der Waals surface area contributed by atoms with Crippen molar-refractivity contribution in [2.75, 3.05) is 0 Å². The maximum atomic E-state index is 13.0. The topological polar surface area (TPSA) is 92.5 Å². The van der Waals surface area contributed by atoms with Gasteiger partial charge in [-0.2, -0.15) is 0 Å². The molecular formula is C22H28N2O4. The predicted octanol–water partition coefficient (Wildman–Crippen LogP) is 4.83. The van der Waals surface area contributed by atoms with Crippen molar-refractivity contribution < 1.29 is 14.8 Å². The number of phenols is 1. The van der Waals surface area contributed by atoms with Gasteiger partial charge in [0.05, 0.1) is 4.92 Å². The lowest BCUT2D eigenvalue weighted by Crippen LogP contribution is -2.30. The van der Waals surface area contributed by atoms with E-state index in [9.17, 15) is 20.0 Å². The SMILES string of the molecule is CC(C)(C)c1c(O)ccc(C(=O)NCc2ccc([N+](=O)[O-])cc2)c1C(C)(C)C. The van der Waals surface area contributed by atoms with Gasteiger partial charge in [0.15, 0.2) is 0 Å². The van der Waals surface area contributed by atoms with Gasteiger partial charge in [0.2, 0.25) is 0 Å². The van der Waals surface area contributed by atoms with E-state index in [0.29, 0.717) is 5.56 Å². The average Bonchev–Trinajstić information content (AvgIpc) is 2.57. The molecule has 0 aliphatic rings. The third-order valence-corrected chi connectivity index (χ3v) is 4.53. The summed E-state index contributed by atoms with van der Waals surface area (Å²) in [4.78, 5) is 23.2. The Morgan fingerprint density at radius 3 is 1.96 bits per heavy atom. The second-order valence-corrected chi connectivity index (χ2v) is 8.99. The first kappa shape index (κ1) is 21.4. The molecule has 6 nitrogen and oxygen atoms in total. The Balaban J connectivity index is 2.36. The first-order chi connectivity index (χ1) is 12.8. The van der Waals surface area contributed by atoms with Gasteiger partial charge in [0.25, 0.3) is 11.6 Å². The number of amides is 1. The van der Waals surface area contributed by atoms with Crippen LogP contribution in [0.25, 0.3) is 0 Å². The van der Waals surface area contributed by atoms with Crippen molar-refractivity contribution in [2.24, 2.45) is 0 Å². The van der Waals surface area contributed by atoms with Crippen molar-refractivity contribution in [3.05, 3.63) is 68.8 Å². The number of carbonyl (C=O) groups is 1. The zero-order valence-corrected chi connectivity index (χ0v) is 17.3. The highest BCUT2D eigenvalue weighted by atomic mass is 16.6. The number of nitro groups is 1. The Morgan fingerprint density at radius 2 is 1.50 bits per heavy atom. The zero-order chi connectivity index (χ0) is 21.3. The number of non-ortho nitro benzene ring substituents is 1. The fraction of sp³-hybridized carbons (Fsp3) is 0.409. The lowest BCUT2D eigenvalue weighted by Gasteiger charge is -2.32. The molecule has 150 valence electrons. The number of phenolic OH excluding ortho intramolecular Hbond substituents is 1. The molecule has 0 aliphatic heterocycles. The summed E-state index contributed by atoms with van der Waals surface area (Å²) in [5.74, 6) is -0.0573. The molecule has 0 radical (unpaired) electrons. The largest absolute Gasteiger partial charge is 0.508 e. The Bertz CT molecular complexity index is 888. The summed E-state index contributed by atoms with van der Waals surface area (Å²) < 4.78 is 0. The van der Waals surface area contributed by atoms with Crippen LogP contribution in [0.4, 0.5) is 5.69 Å². The maximum absolute atomic E-state index is 13.0. The molecule has 0 aromatic heterocycles. The molecule has 1 amide bonds. The Hall–Kier alpha value is -2.89. The number of benzene rings is 2. The molecule has 6 heteroatoms. The van der Waals surface area contributed by atoms with Gasteiger partial charge in [-0.25, -0.2) is 0 Å². The fourth-order valence-electron chi connectivity index (χ4n) is 3.33. The number of hydrogen-bond acceptors (Lipinski definition) is 4. The van der Waals surface area contributed by atoms with Crippen molar-refractivity contribution in [2.45, 2.75) is 58.9 Å². The van der Waals surface area contributed by atoms with Crippen molar-refractivity contribution in [1.29, 1.82) is 0 Å². The van der Waals surface area contributed by atoms with Crippen LogP contribution in [0.3, 0.4) is 0 Å². The molecule has 0 saturated carbocycles. The molecule has 2 rings (SSSR count). The van der Waals surface area contributed by atoms with E-state index >= 15 is 0 Å². The van der Waals surface area contributed by atoms with Crippen LogP contribution in [0.2, 0.25) is 0 Å². The number of aromatic hydroxyl groups is 1. The summed E-state index contributed by atoms with van der Waals surface area (Å²) in [6.45, 7) is 12.3. The van der Waals surface area contributed by atoms with Gasteiger partial charge in [-0.1, -0.05) is 53.7 Å². The van der Waals surface area contributed by atoms with Gasteiger partial charge in [0.1, 0.15) is 5.75 Å². The van der Waals surface area contributed by atoms with E-state index in [-0.39, 0.29) is 34.7 Å². The number of carbonyl (C=O) groups excluding carboxylic acids is 1. The van der Waals surface area contributed by atoms with Crippen molar-refractivity contribution in [1.82, 2.24) is 5.32 Å². The molecule has 0 saturated heterocycles. The monoisotopic (exact) mass is 384 g/mol. The smallest absolute Gasteiger partial charge is 0.269 e.